The molecule has 1 unspecified atom stereocenters. The molecule has 0 aromatic carbocycles. The molecule has 0 amide bonds. The Balaban J connectivity index is 3.96. The molecule has 2 nitrogen and oxygen atoms in total. The molecule has 0 fully saturated rings. The second-order valence-corrected chi connectivity index (χ2v) is 4.25. The van der Waals surface area contributed by atoms with Gasteiger partial charge in [-0.1, -0.05) is 20.3 Å². The zero-order valence-corrected chi connectivity index (χ0v) is 10.4. The summed E-state index contributed by atoms with van der Waals surface area (Å²) in [5.74, 6) is 0. The van der Waals surface area contributed by atoms with Crippen LogP contribution in [0.2, 0.25) is 0 Å². The van der Waals surface area contributed by atoms with E-state index in [2.05, 4.69) is 12.2 Å². The Morgan fingerprint density at radius 1 is 1.19 bits per heavy atom. The number of likely N-dealkylation sites (N-methyl/N-ethyl adjacent to an activating group) is 1. The summed E-state index contributed by atoms with van der Waals surface area (Å²) in [5, 5.41) is 3.28. The number of hydrogen-bond donors (Lipinski definition) is 1. The number of alkyl halides is 3. The maximum atomic E-state index is 12.1. The van der Waals surface area contributed by atoms with Crippen molar-refractivity contribution in [2.24, 2.45) is 0 Å². The van der Waals surface area contributed by atoms with Gasteiger partial charge in [0, 0.05) is 12.6 Å². The molecule has 0 aromatic heterocycles. The molecule has 0 spiro atoms. The zero-order chi connectivity index (χ0) is 12.6. The van der Waals surface area contributed by atoms with Gasteiger partial charge in [0.15, 0.2) is 0 Å². The molecular formula is C11H23F3N2. The Morgan fingerprint density at radius 2 is 1.81 bits per heavy atom. The van der Waals surface area contributed by atoms with E-state index in [9.17, 15) is 13.2 Å². The van der Waals surface area contributed by atoms with E-state index in [0.717, 1.165) is 25.8 Å². The van der Waals surface area contributed by atoms with Crippen LogP contribution in [0.1, 0.15) is 33.1 Å². The SMILES string of the molecule is CCCNC(CCC)CN(C)CC(F)(F)F. The fourth-order valence-electron chi connectivity index (χ4n) is 1.70. The van der Waals surface area contributed by atoms with Gasteiger partial charge in [0.05, 0.1) is 6.54 Å². The van der Waals surface area contributed by atoms with Crippen molar-refractivity contribution in [2.75, 3.05) is 26.7 Å². The molecule has 0 aromatic rings. The third kappa shape index (κ3) is 8.97. The predicted octanol–water partition coefficient (Wildman–Crippen LogP) is 2.65. The third-order valence-corrected chi connectivity index (χ3v) is 2.30. The van der Waals surface area contributed by atoms with Gasteiger partial charge in [0.25, 0.3) is 0 Å². The second-order valence-electron chi connectivity index (χ2n) is 4.25. The van der Waals surface area contributed by atoms with Gasteiger partial charge >= 0.3 is 6.18 Å². The fourth-order valence-corrected chi connectivity index (χ4v) is 1.70. The summed E-state index contributed by atoms with van der Waals surface area (Å²) >= 11 is 0. The van der Waals surface area contributed by atoms with Crippen molar-refractivity contribution in [3.05, 3.63) is 0 Å². The maximum absolute atomic E-state index is 12.1. The third-order valence-electron chi connectivity index (χ3n) is 2.30. The Kier molecular flexibility index (Phi) is 7.76. The fraction of sp³-hybridized carbons (Fsp3) is 1.00. The summed E-state index contributed by atoms with van der Waals surface area (Å²) in [6, 6.07) is 0.164. The molecule has 0 radical (unpaired) electrons. The number of hydrogen-bond acceptors (Lipinski definition) is 2. The van der Waals surface area contributed by atoms with Crippen molar-refractivity contribution in [2.45, 2.75) is 45.3 Å². The monoisotopic (exact) mass is 240 g/mol. The molecule has 0 aliphatic carbocycles. The van der Waals surface area contributed by atoms with E-state index < -0.39 is 12.7 Å². The molecule has 16 heavy (non-hydrogen) atoms. The predicted molar refractivity (Wildman–Crippen MR) is 60.5 cm³/mol. The lowest BCUT2D eigenvalue weighted by molar-refractivity contribution is -0.143. The van der Waals surface area contributed by atoms with Crippen molar-refractivity contribution in [1.82, 2.24) is 10.2 Å². The molecule has 0 rings (SSSR count). The Labute approximate surface area is 96.2 Å². The second kappa shape index (κ2) is 7.90. The average Bonchev–Trinajstić information content (AvgIpc) is 2.11. The number of nitrogens with one attached hydrogen (secondary N) is 1. The highest BCUT2D eigenvalue weighted by molar-refractivity contribution is 4.71. The van der Waals surface area contributed by atoms with Crippen molar-refractivity contribution in [3.63, 3.8) is 0 Å². The first-order chi connectivity index (χ1) is 7.39. The van der Waals surface area contributed by atoms with Crippen molar-refractivity contribution in [1.29, 1.82) is 0 Å². The van der Waals surface area contributed by atoms with Crippen LogP contribution in [0.3, 0.4) is 0 Å². The quantitative estimate of drug-likeness (QED) is 0.701. The summed E-state index contributed by atoms with van der Waals surface area (Å²) in [6.07, 6.45) is -1.19. The van der Waals surface area contributed by atoms with Crippen LogP contribution in [0.15, 0.2) is 0 Å². The summed E-state index contributed by atoms with van der Waals surface area (Å²) in [6.45, 7) is 4.58. The van der Waals surface area contributed by atoms with E-state index >= 15 is 0 Å². The van der Waals surface area contributed by atoms with E-state index in [1.165, 1.54) is 11.9 Å². The zero-order valence-electron chi connectivity index (χ0n) is 10.4. The van der Waals surface area contributed by atoms with Crippen LogP contribution in [0.4, 0.5) is 13.2 Å². The topological polar surface area (TPSA) is 15.3 Å². The summed E-state index contributed by atoms with van der Waals surface area (Å²) < 4.78 is 36.4. The smallest absolute Gasteiger partial charge is 0.313 e. The highest BCUT2D eigenvalue weighted by atomic mass is 19.4. The molecule has 1 atom stereocenters. The molecular weight excluding hydrogens is 217 g/mol. The van der Waals surface area contributed by atoms with Crippen LogP contribution in [-0.4, -0.2) is 43.8 Å². The minimum absolute atomic E-state index is 0.164. The lowest BCUT2D eigenvalue weighted by Crippen LogP contribution is -2.42. The highest BCUT2D eigenvalue weighted by Gasteiger charge is 2.29. The summed E-state index contributed by atoms with van der Waals surface area (Å²) in [5.41, 5.74) is 0. The van der Waals surface area contributed by atoms with E-state index in [-0.39, 0.29) is 6.04 Å². The standard InChI is InChI=1S/C11H23F3N2/c1-4-6-10(15-7-5-2)8-16(3)9-11(12,13)14/h10,15H,4-9H2,1-3H3. The summed E-state index contributed by atoms with van der Waals surface area (Å²) in [7, 11) is 1.52. The first-order valence-electron chi connectivity index (χ1n) is 5.87. The van der Waals surface area contributed by atoms with Crippen LogP contribution in [0.25, 0.3) is 0 Å². The Morgan fingerprint density at radius 3 is 2.25 bits per heavy atom. The number of halogens is 3. The lowest BCUT2D eigenvalue weighted by atomic mass is 10.1. The van der Waals surface area contributed by atoms with Gasteiger partial charge in [-0.15, -0.1) is 0 Å². The van der Waals surface area contributed by atoms with Gasteiger partial charge < -0.3 is 5.32 Å². The number of nitrogens with zero attached hydrogens (tertiary/aromatic N) is 1. The molecule has 1 N–H and O–H groups in total. The van der Waals surface area contributed by atoms with Crippen molar-refractivity contribution < 1.29 is 13.2 Å². The van der Waals surface area contributed by atoms with Gasteiger partial charge in [0.1, 0.15) is 0 Å². The van der Waals surface area contributed by atoms with Crippen molar-refractivity contribution in [3.8, 4) is 0 Å². The van der Waals surface area contributed by atoms with Crippen LogP contribution in [-0.2, 0) is 0 Å². The average molecular weight is 240 g/mol. The van der Waals surface area contributed by atoms with Crippen LogP contribution in [0.5, 0.6) is 0 Å². The molecule has 5 heteroatoms. The normalized spacial score (nSPS) is 14.4. The first kappa shape index (κ1) is 15.7. The van der Waals surface area contributed by atoms with Gasteiger partial charge in [-0.05, 0) is 26.4 Å². The molecule has 0 saturated carbocycles. The van der Waals surface area contributed by atoms with E-state index in [0.29, 0.717) is 6.54 Å². The lowest BCUT2D eigenvalue weighted by Gasteiger charge is -2.25. The largest absolute Gasteiger partial charge is 0.401 e. The molecule has 0 bridgehead atoms. The molecule has 0 aliphatic heterocycles. The van der Waals surface area contributed by atoms with Crippen LogP contribution >= 0.6 is 0 Å². The maximum Gasteiger partial charge on any atom is 0.401 e. The van der Waals surface area contributed by atoms with Gasteiger partial charge in [-0.2, -0.15) is 13.2 Å². The molecule has 0 aliphatic rings. The van der Waals surface area contributed by atoms with E-state index in [1.54, 1.807) is 0 Å². The van der Waals surface area contributed by atoms with E-state index in [4.69, 9.17) is 0 Å². The molecule has 0 saturated heterocycles. The first-order valence-corrected chi connectivity index (χ1v) is 5.87. The summed E-state index contributed by atoms with van der Waals surface area (Å²) in [4.78, 5) is 1.34. The van der Waals surface area contributed by atoms with Crippen molar-refractivity contribution >= 4 is 0 Å². The van der Waals surface area contributed by atoms with Crippen LogP contribution < -0.4 is 5.32 Å². The van der Waals surface area contributed by atoms with E-state index in [1.807, 2.05) is 6.92 Å². The minimum Gasteiger partial charge on any atom is -0.313 e. The Bertz CT molecular complexity index is 171. The van der Waals surface area contributed by atoms with Gasteiger partial charge in [0.2, 0.25) is 0 Å². The number of rotatable bonds is 8. The highest BCUT2D eigenvalue weighted by Crippen LogP contribution is 2.15. The van der Waals surface area contributed by atoms with Gasteiger partial charge in [-0.25, -0.2) is 0 Å². The van der Waals surface area contributed by atoms with Crippen LogP contribution in [0, 0.1) is 0 Å². The molecule has 0 heterocycles. The Hall–Kier alpha value is -0.290. The molecule has 98 valence electrons. The van der Waals surface area contributed by atoms with Gasteiger partial charge in [-0.3, -0.25) is 4.90 Å². The minimum atomic E-state index is -4.10.